The number of halogens is 1. The zero-order chi connectivity index (χ0) is 22.1. The maximum atomic E-state index is 13.0. The molecular weight excluding hydrogens is 408 g/mol. The molecule has 4 aromatic rings. The summed E-state index contributed by atoms with van der Waals surface area (Å²) in [7, 11) is 0. The van der Waals surface area contributed by atoms with Gasteiger partial charge >= 0.3 is 0 Å². The highest BCUT2D eigenvalue weighted by Crippen LogP contribution is 2.25. The van der Waals surface area contributed by atoms with Gasteiger partial charge < -0.3 is 5.32 Å². The summed E-state index contributed by atoms with van der Waals surface area (Å²) < 4.78 is 1.74. The first-order chi connectivity index (χ1) is 14.8. The number of carbonyl (C=O) groups is 1. The number of hydrogen-bond acceptors (Lipinski definition) is 3. The molecule has 4 rings (SSSR count). The maximum Gasteiger partial charge on any atom is 0.295 e. The van der Waals surface area contributed by atoms with Gasteiger partial charge in [0.25, 0.3) is 5.91 Å². The summed E-state index contributed by atoms with van der Waals surface area (Å²) in [6, 6.07) is 19.5. The molecule has 0 aliphatic carbocycles. The molecule has 0 saturated carbocycles. The number of aryl methyl sites for hydroxylation is 4. The van der Waals surface area contributed by atoms with Crippen molar-refractivity contribution in [3.05, 3.63) is 93.8 Å². The van der Waals surface area contributed by atoms with Gasteiger partial charge in [-0.1, -0.05) is 59.1 Å². The van der Waals surface area contributed by atoms with Crippen LogP contribution in [0.1, 0.15) is 32.9 Å². The molecule has 6 heteroatoms. The van der Waals surface area contributed by atoms with E-state index in [1.165, 1.54) is 0 Å². The molecule has 0 fully saturated rings. The Bertz CT molecular complexity index is 1290. The minimum Gasteiger partial charge on any atom is -0.319 e. The molecule has 5 nitrogen and oxygen atoms in total. The van der Waals surface area contributed by atoms with Gasteiger partial charge in [0.2, 0.25) is 5.82 Å². The average Bonchev–Trinajstić information content (AvgIpc) is 3.16. The maximum absolute atomic E-state index is 13.0. The first-order valence-electron chi connectivity index (χ1n) is 10.0. The number of nitrogens with zero attached hydrogens (tertiary/aromatic N) is 3. The van der Waals surface area contributed by atoms with Crippen molar-refractivity contribution in [3.8, 4) is 17.1 Å². The summed E-state index contributed by atoms with van der Waals surface area (Å²) >= 11 is 6.19. The van der Waals surface area contributed by atoms with E-state index in [1.54, 1.807) is 10.7 Å². The highest BCUT2D eigenvalue weighted by atomic mass is 35.5. The predicted molar refractivity (Wildman–Crippen MR) is 125 cm³/mol. The fourth-order valence-corrected chi connectivity index (χ4v) is 3.63. The second-order valence-corrected chi connectivity index (χ2v) is 8.16. The van der Waals surface area contributed by atoms with Crippen molar-refractivity contribution in [1.29, 1.82) is 0 Å². The summed E-state index contributed by atoms with van der Waals surface area (Å²) in [4.78, 5) is 17.6. The minimum absolute atomic E-state index is 0.0909. The summed E-state index contributed by atoms with van der Waals surface area (Å²) in [5.74, 6) is 0.313. The van der Waals surface area contributed by atoms with Gasteiger partial charge in [-0.15, -0.1) is 5.10 Å². The Hall–Kier alpha value is -3.44. The van der Waals surface area contributed by atoms with Gasteiger partial charge in [-0.25, -0.2) is 9.67 Å². The van der Waals surface area contributed by atoms with Crippen molar-refractivity contribution in [2.45, 2.75) is 27.7 Å². The Balaban J connectivity index is 1.79. The third-order valence-electron chi connectivity index (χ3n) is 5.10. The number of aromatic nitrogens is 3. The quantitative estimate of drug-likeness (QED) is 0.427. The number of hydrogen-bond donors (Lipinski definition) is 1. The Kier molecular flexibility index (Phi) is 5.61. The third-order valence-corrected chi connectivity index (χ3v) is 5.50. The number of anilines is 1. The zero-order valence-electron chi connectivity index (χ0n) is 17.9. The van der Waals surface area contributed by atoms with E-state index in [2.05, 4.69) is 21.5 Å². The van der Waals surface area contributed by atoms with Gasteiger partial charge in [0.1, 0.15) is 0 Å². The zero-order valence-corrected chi connectivity index (χ0v) is 18.7. The van der Waals surface area contributed by atoms with Crippen LogP contribution >= 0.6 is 11.6 Å². The van der Waals surface area contributed by atoms with Gasteiger partial charge in [0.15, 0.2) is 5.82 Å². The van der Waals surface area contributed by atoms with Crippen LogP contribution in [0.3, 0.4) is 0 Å². The molecule has 156 valence electrons. The molecule has 1 aromatic heterocycles. The van der Waals surface area contributed by atoms with E-state index in [0.29, 0.717) is 16.5 Å². The van der Waals surface area contributed by atoms with Gasteiger partial charge in [-0.2, -0.15) is 0 Å². The molecule has 3 aromatic carbocycles. The van der Waals surface area contributed by atoms with Crippen molar-refractivity contribution >= 4 is 23.2 Å². The van der Waals surface area contributed by atoms with Crippen molar-refractivity contribution in [2.24, 2.45) is 0 Å². The predicted octanol–water partition coefficient (Wildman–Crippen LogP) is 6.07. The van der Waals surface area contributed by atoms with E-state index >= 15 is 0 Å². The molecule has 1 heterocycles. The molecule has 0 unspecified atom stereocenters. The number of amides is 1. The fourth-order valence-electron chi connectivity index (χ4n) is 3.45. The molecule has 0 bridgehead atoms. The van der Waals surface area contributed by atoms with Crippen LogP contribution in [-0.4, -0.2) is 20.7 Å². The number of benzene rings is 3. The lowest BCUT2D eigenvalue weighted by Crippen LogP contribution is -2.14. The smallest absolute Gasteiger partial charge is 0.295 e. The van der Waals surface area contributed by atoms with Crippen LogP contribution in [0.5, 0.6) is 0 Å². The van der Waals surface area contributed by atoms with Crippen LogP contribution in [0.15, 0.2) is 60.7 Å². The Labute approximate surface area is 186 Å². The summed E-state index contributed by atoms with van der Waals surface area (Å²) in [5, 5.41) is 8.01. The van der Waals surface area contributed by atoms with Crippen molar-refractivity contribution < 1.29 is 4.79 Å². The average molecular weight is 431 g/mol. The lowest BCUT2D eigenvalue weighted by Gasteiger charge is -2.10. The number of carbonyl (C=O) groups excluding carboxylic acids is 1. The Morgan fingerprint density at radius 1 is 0.903 bits per heavy atom. The van der Waals surface area contributed by atoms with Gasteiger partial charge in [0, 0.05) is 16.3 Å². The molecule has 0 atom stereocenters. The van der Waals surface area contributed by atoms with Gasteiger partial charge in [-0.05, 0) is 63.1 Å². The van der Waals surface area contributed by atoms with E-state index in [0.717, 1.165) is 33.5 Å². The van der Waals surface area contributed by atoms with Crippen molar-refractivity contribution in [1.82, 2.24) is 14.8 Å². The highest BCUT2D eigenvalue weighted by molar-refractivity contribution is 6.31. The first kappa shape index (κ1) is 20.8. The molecule has 0 aliphatic heterocycles. The third kappa shape index (κ3) is 4.37. The molecule has 1 N–H and O–H groups in total. The largest absolute Gasteiger partial charge is 0.319 e. The SMILES string of the molecule is Cc1cccc(-c2nc(C(=O)Nc3ccc(C)c(Cl)c3)nn2-c2ccc(C)cc2C)c1. The summed E-state index contributed by atoms with van der Waals surface area (Å²) in [6.07, 6.45) is 0. The molecule has 0 saturated heterocycles. The normalized spacial score (nSPS) is 10.9. The highest BCUT2D eigenvalue weighted by Gasteiger charge is 2.20. The van der Waals surface area contributed by atoms with E-state index in [9.17, 15) is 4.79 Å². The second-order valence-electron chi connectivity index (χ2n) is 7.75. The monoisotopic (exact) mass is 430 g/mol. The first-order valence-corrected chi connectivity index (χ1v) is 10.4. The molecule has 0 radical (unpaired) electrons. The van der Waals surface area contributed by atoms with E-state index in [4.69, 9.17) is 11.6 Å². The van der Waals surface area contributed by atoms with E-state index in [1.807, 2.05) is 76.2 Å². The topological polar surface area (TPSA) is 59.8 Å². The van der Waals surface area contributed by atoms with Gasteiger partial charge in [-0.3, -0.25) is 4.79 Å². The van der Waals surface area contributed by atoms with Crippen LogP contribution in [0.2, 0.25) is 5.02 Å². The van der Waals surface area contributed by atoms with Gasteiger partial charge in [0.05, 0.1) is 5.69 Å². The van der Waals surface area contributed by atoms with Crippen LogP contribution in [-0.2, 0) is 0 Å². The van der Waals surface area contributed by atoms with Crippen LogP contribution < -0.4 is 5.32 Å². The van der Waals surface area contributed by atoms with E-state index in [-0.39, 0.29) is 5.82 Å². The molecular formula is C25H23ClN4O. The molecule has 0 spiro atoms. The van der Waals surface area contributed by atoms with Crippen LogP contribution in [0, 0.1) is 27.7 Å². The minimum atomic E-state index is -0.391. The Morgan fingerprint density at radius 3 is 2.39 bits per heavy atom. The lowest BCUT2D eigenvalue weighted by molar-refractivity contribution is 0.101. The van der Waals surface area contributed by atoms with Crippen LogP contribution in [0.25, 0.3) is 17.1 Å². The molecule has 1 amide bonds. The second kappa shape index (κ2) is 8.36. The summed E-state index contributed by atoms with van der Waals surface area (Å²) in [6.45, 7) is 8.01. The van der Waals surface area contributed by atoms with Crippen LogP contribution in [0.4, 0.5) is 5.69 Å². The Morgan fingerprint density at radius 2 is 1.68 bits per heavy atom. The fraction of sp³-hybridized carbons (Fsp3) is 0.160. The molecule has 31 heavy (non-hydrogen) atoms. The van der Waals surface area contributed by atoms with Crippen molar-refractivity contribution in [2.75, 3.05) is 5.32 Å². The van der Waals surface area contributed by atoms with E-state index < -0.39 is 5.91 Å². The standard InChI is InChI=1S/C25H23ClN4O/c1-15-6-5-7-19(13-15)24-28-23(25(31)27-20-10-9-17(3)21(26)14-20)29-30(24)22-11-8-16(2)12-18(22)4/h5-14H,1-4H3,(H,27,31). The van der Waals surface area contributed by atoms with Crippen molar-refractivity contribution in [3.63, 3.8) is 0 Å². The number of nitrogens with one attached hydrogen (secondary N) is 1. The summed E-state index contributed by atoms with van der Waals surface area (Å²) in [5.41, 5.74) is 6.63. The molecule has 0 aliphatic rings. The lowest BCUT2D eigenvalue weighted by atomic mass is 10.1. The number of rotatable bonds is 4.